The predicted octanol–water partition coefficient (Wildman–Crippen LogP) is 3.41. The lowest BCUT2D eigenvalue weighted by Gasteiger charge is -2.20. The van der Waals surface area contributed by atoms with Crippen LogP contribution >= 0.6 is 11.6 Å². The van der Waals surface area contributed by atoms with E-state index in [1.165, 1.54) is 18.2 Å². The summed E-state index contributed by atoms with van der Waals surface area (Å²) in [5.74, 6) is 0.0447. The van der Waals surface area contributed by atoms with Gasteiger partial charge >= 0.3 is 0 Å². The highest BCUT2D eigenvalue weighted by molar-refractivity contribution is 6.31. The molecule has 0 bridgehead atoms. The van der Waals surface area contributed by atoms with E-state index in [2.05, 4.69) is 19.2 Å². The van der Waals surface area contributed by atoms with Gasteiger partial charge in [0.1, 0.15) is 5.56 Å². The molecule has 1 amide bonds. The standard InChI is InChI=1S/C14H17ClN2O3/c1-9(2)14(5-6-14)8-16-13(18)11-7-10(15)3-4-12(11)17(19)20/h3-4,7,9H,5-6,8H2,1-2H3,(H,16,18). The molecule has 0 aliphatic heterocycles. The van der Waals surface area contributed by atoms with E-state index in [-0.39, 0.29) is 16.7 Å². The molecule has 1 fully saturated rings. The van der Waals surface area contributed by atoms with E-state index in [0.717, 1.165) is 12.8 Å². The molecule has 1 aromatic carbocycles. The monoisotopic (exact) mass is 296 g/mol. The summed E-state index contributed by atoms with van der Waals surface area (Å²) in [4.78, 5) is 22.5. The summed E-state index contributed by atoms with van der Waals surface area (Å²) in [7, 11) is 0. The number of hydrogen-bond acceptors (Lipinski definition) is 3. The fraction of sp³-hybridized carbons (Fsp3) is 0.500. The zero-order chi connectivity index (χ0) is 14.9. The van der Waals surface area contributed by atoms with Gasteiger partial charge in [0, 0.05) is 17.6 Å². The van der Waals surface area contributed by atoms with Crippen LogP contribution in [0, 0.1) is 21.4 Å². The Hall–Kier alpha value is -1.62. The molecule has 108 valence electrons. The van der Waals surface area contributed by atoms with E-state index in [0.29, 0.717) is 17.5 Å². The van der Waals surface area contributed by atoms with Crippen LogP contribution in [0.4, 0.5) is 5.69 Å². The zero-order valence-electron chi connectivity index (χ0n) is 11.5. The predicted molar refractivity (Wildman–Crippen MR) is 76.9 cm³/mol. The van der Waals surface area contributed by atoms with E-state index in [4.69, 9.17) is 11.6 Å². The summed E-state index contributed by atoms with van der Waals surface area (Å²) in [5.41, 5.74) is -0.0495. The number of carbonyl (C=O) groups is 1. The molecule has 1 saturated carbocycles. The number of rotatable bonds is 5. The summed E-state index contributed by atoms with van der Waals surface area (Å²) in [6.45, 7) is 4.80. The van der Waals surface area contributed by atoms with Crippen LogP contribution < -0.4 is 5.32 Å². The van der Waals surface area contributed by atoms with Crippen molar-refractivity contribution in [2.45, 2.75) is 26.7 Å². The lowest BCUT2D eigenvalue weighted by Crippen LogP contribution is -2.32. The highest BCUT2D eigenvalue weighted by Crippen LogP contribution is 2.51. The number of nitro groups is 1. The molecular formula is C14H17ClN2O3. The minimum atomic E-state index is -0.569. The lowest BCUT2D eigenvalue weighted by molar-refractivity contribution is -0.385. The fourth-order valence-corrected chi connectivity index (χ4v) is 2.49. The van der Waals surface area contributed by atoms with Gasteiger partial charge in [0.2, 0.25) is 0 Å². The van der Waals surface area contributed by atoms with Gasteiger partial charge in [-0.05, 0) is 36.3 Å². The molecule has 0 unspecified atom stereocenters. The SMILES string of the molecule is CC(C)C1(CNC(=O)c2cc(Cl)ccc2[N+](=O)[O-])CC1. The number of amides is 1. The highest BCUT2D eigenvalue weighted by atomic mass is 35.5. The fourth-order valence-electron chi connectivity index (χ4n) is 2.32. The molecule has 6 heteroatoms. The van der Waals surface area contributed by atoms with Gasteiger partial charge in [0.05, 0.1) is 4.92 Å². The Morgan fingerprint density at radius 2 is 2.15 bits per heavy atom. The maximum atomic E-state index is 12.1. The van der Waals surface area contributed by atoms with Crippen LogP contribution in [0.25, 0.3) is 0 Å². The number of nitrogens with zero attached hydrogens (tertiary/aromatic N) is 1. The first kappa shape index (κ1) is 14.8. The Labute approximate surface area is 122 Å². The first-order chi connectivity index (χ1) is 9.35. The minimum absolute atomic E-state index is 0.0158. The van der Waals surface area contributed by atoms with Crippen LogP contribution in [-0.2, 0) is 0 Å². The third kappa shape index (κ3) is 2.93. The Morgan fingerprint density at radius 3 is 2.65 bits per heavy atom. The quantitative estimate of drug-likeness (QED) is 0.668. The van der Waals surface area contributed by atoms with Gasteiger partial charge in [-0.25, -0.2) is 0 Å². The average Bonchev–Trinajstić information content (AvgIpc) is 3.16. The highest BCUT2D eigenvalue weighted by Gasteiger charge is 2.45. The first-order valence-corrected chi connectivity index (χ1v) is 6.96. The van der Waals surface area contributed by atoms with Crippen LogP contribution in [0.5, 0.6) is 0 Å². The van der Waals surface area contributed by atoms with Crippen molar-refractivity contribution in [2.75, 3.05) is 6.54 Å². The molecule has 0 spiro atoms. The Bertz CT molecular complexity index is 553. The second-order valence-electron chi connectivity index (χ2n) is 5.62. The number of carbonyl (C=O) groups excluding carboxylic acids is 1. The molecule has 1 aromatic rings. The van der Waals surface area contributed by atoms with Crippen LogP contribution in [0.2, 0.25) is 5.02 Å². The molecule has 1 aliphatic carbocycles. The van der Waals surface area contributed by atoms with Gasteiger partial charge in [-0.15, -0.1) is 0 Å². The van der Waals surface area contributed by atoms with Crippen molar-refractivity contribution < 1.29 is 9.72 Å². The Morgan fingerprint density at radius 1 is 1.50 bits per heavy atom. The third-order valence-electron chi connectivity index (χ3n) is 4.12. The van der Waals surface area contributed by atoms with Crippen LogP contribution in [0.3, 0.4) is 0 Å². The molecule has 0 heterocycles. The van der Waals surface area contributed by atoms with Crippen molar-refractivity contribution >= 4 is 23.2 Å². The van der Waals surface area contributed by atoms with Gasteiger partial charge in [0.15, 0.2) is 0 Å². The second kappa shape index (κ2) is 5.40. The summed E-state index contributed by atoms with van der Waals surface area (Å²) in [5, 5.41) is 14.1. The van der Waals surface area contributed by atoms with Crippen molar-refractivity contribution in [1.29, 1.82) is 0 Å². The van der Waals surface area contributed by atoms with Gasteiger partial charge < -0.3 is 5.32 Å². The van der Waals surface area contributed by atoms with E-state index in [1.54, 1.807) is 0 Å². The van der Waals surface area contributed by atoms with E-state index < -0.39 is 10.8 Å². The normalized spacial score (nSPS) is 16.0. The van der Waals surface area contributed by atoms with Crippen LogP contribution in [0.15, 0.2) is 18.2 Å². The number of hydrogen-bond donors (Lipinski definition) is 1. The number of nitro benzene ring substituents is 1. The molecule has 0 aromatic heterocycles. The van der Waals surface area contributed by atoms with Gasteiger partial charge in [0.25, 0.3) is 11.6 Å². The molecule has 1 N–H and O–H groups in total. The molecule has 0 saturated heterocycles. The molecule has 5 nitrogen and oxygen atoms in total. The first-order valence-electron chi connectivity index (χ1n) is 6.58. The maximum Gasteiger partial charge on any atom is 0.282 e. The topological polar surface area (TPSA) is 72.2 Å². The summed E-state index contributed by atoms with van der Waals surface area (Å²) >= 11 is 5.82. The Balaban J connectivity index is 2.13. The van der Waals surface area contributed by atoms with Crippen molar-refractivity contribution in [3.8, 4) is 0 Å². The largest absolute Gasteiger partial charge is 0.351 e. The van der Waals surface area contributed by atoms with Crippen molar-refractivity contribution in [3.63, 3.8) is 0 Å². The third-order valence-corrected chi connectivity index (χ3v) is 4.35. The van der Waals surface area contributed by atoms with E-state index in [9.17, 15) is 14.9 Å². The van der Waals surface area contributed by atoms with Gasteiger partial charge in [-0.1, -0.05) is 25.4 Å². The van der Waals surface area contributed by atoms with Crippen LogP contribution in [0.1, 0.15) is 37.0 Å². The van der Waals surface area contributed by atoms with Crippen LogP contribution in [-0.4, -0.2) is 17.4 Å². The molecule has 0 radical (unpaired) electrons. The Kier molecular flexibility index (Phi) is 3.99. The zero-order valence-corrected chi connectivity index (χ0v) is 12.2. The molecule has 20 heavy (non-hydrogen) atoms. The number of nitrogens with one attached hydrogen (secondary N) is 1. The summed E-state index contributed by atoms with van der Waals surface area (Å²) in [6.07, 6.45) is 2.17. The van der Waals surface area contributed by atoms with Gasteiger partial charge in [-0.2, -0.15) is 0 Å². The maximum absolute atomic E-state index is 12.1. The van der Waals surface area contributed by atoms with Crippen molar-refractivity contribution in [1.82, 2.24) is 5.32 Å². The molecular weight excluding hydrogens is 280 g/mol. The van der Waals surface area contributed by atoms with E-state index >= 15 is 0 Å². The molecule has 0 atom stereocenters. The second-order valence-corrected chi connectivity index (χ2v) is 6.05. The van der Waals surface area contributed by atoms with Crippen molar-refractivity contribution in [2.24, 2.45) is 11.3 Å². The number of halogens is 1. The minimum Gasteiger partial charge on any atom is -0.351 e. The smallest absolute Gasteiger partial charge is 0.282 e. The van der Waals surface area contributed by atoms with E-state index in [1.807, 2.05) is 0 Å². The van der Waals surface area contributed by atoms with Gasteiger partial charge in [-0.3, -0.25) is 14.9 Å². The molecule has 2 rings (SSSR count). The average molecular weight is 297 g/mol. The summed E-state index contributed by atoms with van der Waals surface area (Å²) in [6, 6.07) is 4.00. The number of benzene rings is 1. The van der Waals surface area contributed by atoms with Crippen molar-refractivity contribution in [3.05, 3.63) is 38.9 Å². The summed E-state index contributed by atoms with van der Waals surface area (Å²) < 4.78 is 0. The molecule has 1 aliphatic rings. The lowest BCUT2D eigenvalue weighted by atomic mass is 9.92.